The summed E-state index contributed by atoms with van der Waals surface area (Å²) in [5.74, 6) is -35.3. The van der Waals surface area contributed by atoms with Crippen molar-refractivity contribution in [1.82, 2.24) is 0 Å². The van der Waals surface area contributed by atoms with E-state index in [9.17, 15) is 70.7 Å². The summed E-state index contributed by atoms with van der Waals surface area (Å²) < 4.78 is 190. The molecule has 0 aliphatic heterocycles. The molecule has 3 nitrogen and oxygen atoms in total. The molecule has 0 amide bonds. The van der Waals surface area contributed by atoms with E-state index in [1.54, 1.807) is 0 Å². The van der Waals surface area contributed by atoms with Crippen LogP contribution in [0.15, 0.2) is 0 Å². The minimum Gasteiger partial charge on any atom is -0.477 e. The van der Waals surface area contributed by atoms with E-state index in [0.717, 1.165) is 0 Å². The lowest BCUT2D eigenvalue weighted by atomic mass is 9.85. The third-order valence-corrected chi connectivity index (χ3v) is 3.02. The van der Waals surface area contributed by atoms with E-state index in [-0.39, 0.29) is 0 Å². The van der Waals surface area contributed by atoms with E-state index >= 15 is 0 Å². The highest BCUT2D eigenvalue weighted by Crippen LogP contribution is 2.59. The molecule has 0 aromatic carbocycles. The third-order valence-electron chi connectivity index (χ3n) is 3.02. The minimum atomic E-state index is -8.12. The Kier molecular flexibility index (Phi) is 5.82. The summed E-state index contributed by atoms with van der Waals surface area (Å²) >= 11 is 0. The van der Waals surface area contributed by atoms with Gasteiger partial charge < -0.3 is 10.2 Å². The molecule has 0 rings (SSSR count). The quantitative estimate of drug-likeness (QED) is 0.614. The van der Waals surface area contributed by atoms with Gasteiger partial charge in [0.15, 0.2) is 6.10 Å². The number of carboxylic acids is 1. The van der Waals surface area contributed by atoms with E-state index in [1.165, 1.54) is 0 Å². The van der Waals surface area contributed by atoms with Gasteiger partial charge in [-0.1, -0.05) is 0 Å². The van der Waals surface area contributed by atoms with Crippen LogP contribution in [0.2, 0.25) is 0 Å². The number of aliphatic hydroxyl groups is 1. The molecule has 0 aliphatic rings. The topological polar surface area (TPSA) is 57.5 Å². The second kappa shape index (κ2) is 6.20. The number of hydrogen-bond donors (Lipinski definition) is 2. The molecular weight excluding hydrogens is 441 g/mol. The van der Waals surface area contributed by atoms with E-state index in [0.29, 0.717) is 0 Å². The minimum absolute atomic E-state index is 4.24. The largest absolute Gasteiger partial charge is 0.477 e. The van der Waals surface area contributed by atoms with Gasteiger partial charge in [-0.15, -0.1) is 0 Å². The average molecular weight is 444 g/mol. The molecule has 0 aromatic heterocycles. The molecular formula is C9H3F15O3. The van der Waals surface area contributed by atoms with Gasteiger partial charge in [0.1, 0.15) is 0 Å². The Hall–Kier alpha value is -1.62. The second-order valence-electron chi connectivity index (χ2n) is 4.76. The number of aliphatic hydroxyl groups excluding tert-OH is 1. The van der Waals surface area contributed by atoms with Crippen LogP contribution in [-0.4, -0.2) is 64.0 Å². The predicted octanol–water partition coefficient (Wildman–Crippen LogP) is 3.81. The van der Waals surface area contributed by atoms with Gasteiger partial charge in [0.25, 0.3) is 0 Å². The zero-order valence-electron chi connectivity index (χ0n) is 11.5. The van der Waals surface area contributed by atoms with Gasteiger partial charge in [0.05, 0.1) is 0 Å². The van der Waals surface area contributed by atoms with E-state index in [1.807, 2.05) is 0 Å². The van der Waals surface area contributed by atoms with Crippen LogP contribution in [0.5, 0.6) is 0 Å². The Morgan fingerprint density at radius 1 is 0.630 bits per heavy atom. The first-order chi connectivity index (χ1) is 11.3. The van der Waals surface area contributed by atoms with Gasteiger partial charge in [-0.2, -0.15) is 61.5 Å². The average Bonchev–Trinajstić information content (AvgIpc) is 2.41. The number of carbonyl (C=O) groups is 1. The maximum Gasteiger partial charge on any atom is 0.434 e. The highest BCUT2D eigenvalue weighted by Gasteiger charge is 2.90. The molecule has 0 saturated heterocycles. The molecule has 0 fully saturated rings. The van der Waals surface area contributed by atoms with Crippen molar-refractivity contribution in [2.24, 2.45) is 0 Å². The van der Waals surface area contributed by atoms with Crippen LogP contribution in [0, 0.1) is 0 Å². The molecule has 1 atom stereocenters. The highest BCUT2D eigenvalue weighted by atomic mass is 19.4. The molecule has 0 saturated carbocycles. The normalized spacial score (nSPS) is 17.0. The first-order valence-corrected chi connectivity index (χ1v) is 5.60. The van der Waals surface area contributed by atoms with Gasteiger partial charge in [0, 0.05) is 0 Å². The Labute approximate surface area is 136 Å². The Balaban J connectivity index is 6.67. The zero-order valence-corrected chi connectivity index (χ0v) is 11.5. The molecule has 162 valence electrons. The smallest absolute Gasteiger partial charge is 0.434 e. The Morgan fingerprint density at radius 3 is 1.15 bits per heavy atom. The van der Waals surface area contributed by atoms with Gasteiger partial charge >= 0.3 is 47.7 Å². The van der Waals surface area contributed by atoms with Crippen molar-refractivity contribution < 1.29 is 80.9 Å². The second-order valence-corrected chi connectivity index (χ2v) is 4.76. The van der Waals surface area contributed by atoms with E-state index < -0.39 is 53.8 Å². The molecule has 0 aromatic rings. The highest BCUT2D eigenvalue weighted by molar-refractivity contribution is 5.77. The van der Waals surface area contributed by atoms with Crippen molar-refractivity contribution in [3.8, 4) is 0 Å². The molecule has 0 spiro atoms. The first-order valence-electron chi connectivity index (χ1n) is 5.60. The molecule has 18 heteroatoms. The van der Waals surface area contributed by atoms with Crippen LogP contribution in [0.3, 0.4) is 0 Å². The van der Waals surface area contributed by atoms with Crippen LogP contribution in [-0.2, 0) is 4.79 Å². The fourth-order valence-electron chi connectivity index (χ4n) is 1.43. The Morgan fingerprint density at radius 2 is 0.926 bits per heavy atom. The van der Waals surface area contributed by atoms with Crippen molar-refractivity contribution in [2.45, 2.75) is 47.8 Å². The van der Waals surface area contributed by atoms with Crippen LogP contribution in [0.1, 0.15) is 0 Å². The van der Waals surface area contributed by atoms with Crippen molar-refractivity contribution in [3.05, 3.63) is 0 Å². The number of rotatable bonds is 6. The van der Waals surface area contributed by atoms with Crippen LogP contribution >= 0.6 is 0 Å². The molecule has 0 radical (unpaired) electrons. The predicted molar refractivity (Wildman–Crippen MR) is 49.4 cm³/mol. The molecule has 0 heterocycles. The summed E-state index contributed by atoms with van der Waals surface area (Å²) in [7, 11) is 0. The number of carboxylic acid groups (broad SMARTS) is 1. The lowest BCUT2D eigenvalue weighted by Gasteiger charge is -2.42. The monoisotopic (exact) mass is 444 g/mol. The van der Waals surface area contributed by atoms with Crippen molar-refractivity contribution >= 4 is 5.97 Å². The summed E-state index contributed by atoms with van der Waals surface area (Å²) in [6.07, 6.45) is -21.8. The fourth-order valence-corrected chi connectivity index (χ4v) is 1.43. The van der Waals surface area contributed by atoms with E-state index in [2.05, 4.69) is 0 Å². The van der Waals surface area contributed by atoms with Crippen LogP contribution in [0.25, 0.3) is 0 Å². The summed E-state index contributed by atoms with van der Waals surface area (Å²) in [5, 5.41) is 16.0. The van der Waals surface area contributed by atoms with Crippen LogP contribution < -0.4 is 0 Å². The number of halogens is 15. The third kappa shape index (κ3) is 3.24. The molecule has 27 heavy (non-hydrogen) atoms. The summed E-state index contributed by atoms with van der Waals surface area (Å²) in [5.41, 5.74) is -7.69. The summed E-state index contributed by atoms with van der Waals surface area (Å²) in [4.78, 5) is 9.82. The SMILES string of the molecule is O=C(O)C(F)(F)C(F)(F)C(F)(F)C(F)(F)C(O)C(F)(C(F)(F)F)C(F)(F)F. The van der Waals surface area contributed by atoms with Gasteiger partial charge in [-0.25, -0.2) is 9.18 Å². The lowest BCUT2D eigenvalue weighted by molar-refractivity contribution is -0.422. The first kappa shape index (κ1) is 25.4. The molecule has 0 aliphatic carbocycles. The summed E-state index contributed by atoms with van der Waals surface area (Å²) in [6.45, 7) is 0. The molecule has 1 unspecified atom stereocenters. The zero-order chi connectivity index (χ0) is 22.7. The number of alkyl halides is 15. The maximum atomic E-state index is 13.2. The fraction of sp³-hybridized carbons (Fsp3) is 0.889. The molecule has 0 bridgehead atoms. The molecule has 2 N–H and O–H groups in total. The Bertz CT molecular complexity index is 560. The van der Waals surface area contributed by atoms with E-state index in [4.69, 9.17) is 10.2 Å². The van der Waals surface area contributed by atoms with Gasteiger partial charge in [0.2, 0.25) is 0 Å². The van der Waals surface area contributed by atoms with Crippen molar-refractivity contribution in [2.75, 3.05) is 0 Å². The number of hydrogen-bond acceptors (Lipinski definition) is 2. The van der Waals surface area contributed by atoms with Gasteiger partial charge in [-0.3, -0.25) is 0 Å². The lowest BCUT2D eigenvalue weighted by Crippen LogP contribution is -2.74. The number of aliphatic carboxylic acids is 1. The maximum absolute atomic E-state index is 13.2. The van der Waals surface area contributed by atoms with Crippen LogP contribution in [0.4, 0.5) is 65.9 Å². The van der Waals surface area contributed by atoms with Gasteiger partial charge in [-0.05, 0) is 0 Å². The van der Waals surface area contributed by atoms with Crippen molar-refractivity contribution in [3.63, 3.8) is 0 Å². The standard InChI is InChI=1S/C9H3F15O3/c10-3(8(19,20)21,9(22,23)24)1(25)4(11,12)6(15,16)7(17,18)5(13,14)2(26)27/h1,25H,(H,26,27). The van der Waals surface area contributed by atoms with Crippen molar-refractivity contribution in [1.29, 1.82) is 0 Å². The summed E-state index contributed by atoms with van der Waals surface area (Å²) in [6, 6.07) is 0.